The Kier molecular flexibility index (Phi) is 12.2. The molecule has 48 heavy (non-hydrogen) atoms. The van der Waals surface area contributed by atoms with Crippen LogP contribution in [0.2, 0.25) is 0 Å². The Morgan fingerprint density at radius 2 is 1.69 bits per heavy atom. The third kappa shape index (κ3) is 8.41. The van der Waals surface area contributed by atoms with Crippen molar-refractivity contribution < 1.29 is 31.9 Å². The molecule has 2 aliphatic heterocycles. The zero-order valence-corrected chi connectivity index (χ0v) is 28.3. The van der Waals surface area contributed by atoms with E-state index in [9.17, 15) is 18.0 Å². The lowest BCUT2D eigenvalue weighted by molar-refractivity contribution is -0.119. The van der Waals surface area contributed by atoms with Gasteiger partial charge in [-0.3, -0.25) is 4.79 Å². The molecule has 2 amide bonds. The van der Waals surface area contributed by atoms with E-state index in [4.69, 9.17) is 9.47 Å². The molecule has 4 atom stereocenters. The molecule has 0 aromatic heterocycles. The number of anilines is 1. The summed E-state index contributed by atoms with van der Waals surface area (Å²) in [6, 6.07) is 20.6. The normalized spacial score (nSPS) is 20.4. The Morgan fingerprint density at radius 1 is 1.00 bits per heavy atom. The molecule has 0 spiro atoms. The summed E-state index contributed by atoms with van der Waals surface area (Å²) in [5.74, 6) is -1.38. The number of alkyl carbamates (subject to hydrolysis) is 1. The number of nitrogens with zero attached hydrogens (tertiary/aromatic N) is 1. The number of hydrogen-bond acceptors (Lipinski definition) is 7. The molecule has 0 radical (unpaired) electrons. The monoisotopic (exact) mass is 680 g/mol. The van der Waals surface area contributed by atoms with Crippen molar-refractivity contribution >= 4 is 27.7 Å². The van der Waals surface area contributed by atoms with Crippen molar-refractivity contribution in [2.75, 3.05) is 38.2 Å². The second-order valence-corrected chi connectivity index (χ2v) is 14.2. The summed E-state index contributed by atoms with van der Waals surface area (Å²) < 4.78 is 55.3. The van der Waals surface area contributed by atoms with E-state index in [1.54, 1.807) is 43.3 Å². The topological polar surface area (TPSA) is 126 Å². The first-order valence-corrected chi connectivity index (χ1v) is 18.1. The third-order valence-corrected chi connectivity index (χ3v) is 11.3. The summed E-state index contributed by atoms with van der Waals surface area (Å²) in [6.07, 6.45) is 1.17. The average Bonchev–Trinajstić information content (AvgIpc) is 3.09. The highest BCUT2D eigenvalue weighted by molar-refractivity contribution is 7.89. The molecule has 258 valence electrons. The number of amides is 2. The molecular weight excluding hydrogens is 635 g/mol. The number of ether oxygens (including phenoxy) is 2. The first-order valence-electron chi connectivity index (χ1n) is 16.6. The van der Waals surface area contributed by atoms with Crippen molar-refractivity contribution in [3.05, 3.63) is 95.8 Å². The van der Waals surface area contributed by atoms with Gasteiger partial charge in [0.1, 0.15) is 11.9 Å². The fourth-order valence-corrected chi connectivity index (χ4v) is 8.80. The van der Waals surface area contributed by atoms with E-state index in [2.05, 4.69) is 16.0 Å². The molecule has 3 aromatic carbocycles. The first kappa shape index (κ1) is 35.5. The number of halogens is 1. The molecule has 5 rings (SSSR count). The van der Waals surface area contributed by atoms with Crippen LogP contribution in [0.15, 0.2) is 83.8 Å². The van der Waals surface area contributed by atoms with E-state index in [1.165, 1.54) is 16.4 Å². The molecule has 3 N–H and O–H groups in total. The Bertz CT molecular complexity index is 1620. The Morgan fingerprint density at radius 3 is 2.38 bits per heavy atom. The maximum Gasteiger partial charge on any atom is 0.407 e. The quantitative estimate of drug-likeness (QED) is 0.244. The lowest BCUT2D eigenvalue weighted by Gasteiger charge is -2.40. The number of carbonyl (C=O) groups is 2. The van der Waals surface area contributed by atoms with E-state index in [0.717, 1.165) is 5.56 Å². The average molecular weight is 681 g/mol. The zero-order valence-electron chi connectivity index (χ0n) is 27.4. The Balaban J connectivity index is 1.41. The highest BCUT2D eigenvalue weighted by atomic mass is 32.2. The number of carbonyl (C=O) groups excluding carboxylic acids is 2. The van der Waals surface area contributed by atoms with Gasteiger partial charge in [0.2, 0.25) is 15.9 Å². The molecule has 3 aromatic rings. The predicted octanol–water partition coefficient (Wildman–Crippen LogP) is 5.07. The minimum atomic E-state index is -3.81. The van der Waals surface area contributed by atoms with Gasteiger partial charge in [0.15, 0.2) is 0 Å². The lowest BCUT2D eigenvalue weighted by atomic mass is 9.76. The van der Waals surface area contributed by atoms with E-state index < -0.39 is 45.8 Å². The zero-order chi connectivity index (χ0) is 34.1. The molecule has 10 nitrogen and oxygen atoms in total. The summed E-state index contributed by atoms with van der Waals surface area (Å²) in [4.78, 5) is 27.2. The molecule has 2 aliphatic rings. The predicted molar refractivity (Wildman–Crippen MR) is 182 cm³/mol. The van der Waals surface area contributed by atoms with Gasteiger partial charge in [-0.2, -0.15) is 4.31 Å². The van der Waals surface area contributed by atoms with Gasteiger partial charge in [0, 0.05) is 55.6 Å². The summed E-state index contributed by atoms with van der Waals surface area (Å²) in [6.45, 7) is 5.66. The van der Waals surface area contributed by atoms with Crippen LogP contribution in [0.3, 0.4) is 0 Å². The number of nitrogens with one attached hydrogen (secondary N) is 3. The van der Waals surface area contributed by atoms with Crippen molar-refractivity contribution in [2.24, 2.45) is 5.92 Å². The van der Waals surface area contributed by atoms with Gasteiger partial charge in [0.05, 0.1) is 11.5 Å². The van der Waals surface area contributed by atoms with E-state index in [1.807, 2.05) is 37.3 Å². The minimum Gasteiger partial charge on any atom is -0.450 e. The SMILES string of the molecule is CCOC(=O)N[C@H](C(=O)Nc1cccc(F)c1CC[C@H]1CNC[C@@H](C)N1S(=O)(=O)c1ccccc1)C(c1ccccc1)C1CCOCC1. The summed E-state index contributed by atoms with van der Waals surface area (Å²) in [5.41, 5.74) is 1.42. The lowest BCUT2D eigenvalue weighted by Crippen LogP contribution is -2.58. The number of sulfonamides is 1. The number of rotatable bonds is 12. The molecule has 2 fully saturated rings. The minimum absolute atomic E-state index is 0.0316. The van der Waals surface area contributed by atoms with Crippen molar-refractivity contribution in [3.8, 4) is 0 Å². The highest BCUT2D eigenvalue weighted by Gasteiger charge is 2.39. The van der Waals surface area contributed by atoms with Crippen molar-refractivity contribution in [3.63, 3.8) is 0 Å². The fourth-order valence-electron chi connectivity index (χ4n) is 6.93. The van der Waals surface area contributed by atoms with Crippen LogP contribution in [0, 0.1) is 11.7 Å². The largest absolute Gasteiger partial charge is 0.450 e. The van der Waals surface area contributed by atoms with Gasteiger partial charge < -0.3 is 25.4 Å². The maximum atomic E-state index is 15.6. The first-order chi connectivity index (χ1) is 23.2. The number of hydrogen-bond donors (Lipinski definition) is 3. The molecule has 2 heterocycles. The summed E-state index contributed by atoms with van der Waals surface area (Å²) in [5, 5.41) is 9.04. The van der Waals surface area contributed by atoms with Crippen LogP contribution < -0.4 is 16.0 Å². The molecule has 0 saturated carbocycles. The van der Waals surface area contributed by atoms with Crippen LogP contribution in [0.1, 0.15) is 50.2 Å². The summed E-state index contributed by atoms with van der Waals surface area (Å²) >= 11 is 0. The van der Waals surface area contributed by atoms with Gasteiger partial charge >= 0.3 is 6.09 Å². The van der Waals surface area contributed by atoms with Crippen LogP contribution in [0.25, 0.3) is 0 Å². The molecule has 2 saturated heterocycles. The van der Waals surface area contributed by atoms with Crippen molar-refractivity contribution in [2.45, 2.75) is 68.5 Å². The Labute approximate surface area is 282 Å². The van der Waals surface area contributed by atoms with Gasteiger partial charge in [-0.05, 0) is 75.3 Å². The maximum absolute atomic E-state index is 15.6. The van der Waals surface area contributed by atoms with Crippen LogP contribution in [0.4, 0.5) is 14.9 Å². The highest BCUT2D eigenvalue weighted by Crippen LogP contribution is 2.36. The van der Waals surface area contributed by atoms with Crippen LogP contribution in [-0.2, 0) is 30.7 Å². The molecule has 0 aliphatic carbocycles. The van der Waals surface area contributed by atoms with E-state index in [0.29, 0.717) is 45.6 Å². The Hall–Kier alpha value is -3.84. The van der Waals surface area contributed by atoms with Crippen LogP contribution in [0.5, 0.6) is 0 Å². The van der Waals surface area contributed by atoms with E-state index in [-0.39, 0.29) is 41.1 Å². The smallest absolute Gasteiger partial charge is 0.407 e. The molecule has 1 unspecified atom stereocenters. The van der Waals surface area contributed by atoms with Crippen molar-refractivity contribution in [1.82, 2.24) is 14.9 Å². The van der Waals surface area contributed by atoms with Gasteiger partial charge in [-0.1, -0.05) is 54.6 Å². The second kappa shape index (κ2) is 16.5. The van der Waals surface area contributed by atoms with Gasteiger partial charge in [-0.25, -0.2) is 17.6 Å². The van der Waals surface area contributed by atoms with Crippen LogP contribution in [-0.4, -0.2) is 75.8 Å². The fraction of sp³-hybridized carbons (Fsp3) is 0.444. The molecule has 12 heteroatoms. The van der Waals surface area contributed by atoms with Gasteiger partial charge in [0.25, 0.3) is 0 Å². The summed E-state index contributed by atoms with van der Waals surface area (Å²) in [7, 11) is -3.81. The van der Waals surface area contributed by atoms with Crippen molar-refractivity contribution in [1.29, 1.82) is 0 Å². The van der Waals surface area contributed by atoms with E-state index >= 15 is 4.39 Å². The second-order valence-electron chi connectivity index (χ2n) is 12.3. The number of piperazine rings is 1. The van der Waals surface area contributed by atoms with Gasteiger partial charge in [-0.15, -0.1) is 0 Å². The third-order valence-electron chi connectivity index (χ3n) is 9.19. The standard InChI is InChI=1S/C36H45FN4O6S/c1-3-47-36(43)40-34(33(26-11-6-4-7-12-26)27-19-21-46-22-20-27)35(42)39-32-16-10-15-31(37)30(32)18-17-28-24-38-23-25(2)41(28)48(44,45)29-13-8-5-9-14-29/h4-16,25,27-28,33-34,38H,3,17-24H2,1-2H3,(H,39,42)(H,40,43)/t25-,28+,33?,34+/m1/s1. The molecule has 0 bridgehead atoms. The van der Waals surface area contributed by atoms with Crippen LogP contribution >= 0.6 is 0 Å². The number of benzene rings is 3. The molecular formula is C36H45FN4O6S.